The van der Waals surface area contributed by atoms with E-state index in [0.29, 0.717) is 24.2 Å². The van der Waals surface area contributed by atoms with Gasteiger partial charge in [0.15, 0.2) is 0 Å². The number of aliphatic hydroxyl groups is 1. The molecule has 0 spiro atoms. The van der Waals surface area contributed by atoms with Crippen LogP contribution in [0.4, 0.5) is 0 Å². The molecular weight excluding hydrogens is 290 g/mol. The van der Waals surface area contributed by atoms with Crippen LogP contribution < -0.4 is 0 Å². The molecule has 4 nitrogen and oxygen atoms in total. The van der Waals surface area contributed by atoms with Crippen molar-refractivity contribution in [3.63, 3.8) is 0 Å². The molecule has 0 amide bonds. The van der Waals surface area contributed by atoms with Gasteiger partial charge in [0.05, 0.1) is 24.3 Å². The molecule has 0 radical (unpaired) electrons. The quantitative estimate of drug-likeness (QED) is 0.687. The fourth-order valence-electron chi connectivity index (χ4n) is 2.78. The van der Waals surface area contributed by atoms with E-state index in [1.807, 2.05) is 32.1 Å². The minimum absolute atomic E-state index is 0.306. The Labute approximate surface area is 136 Å². The molecule has 2 rings (SSSR count). The predicted octanol–water partition coefficient (Wildman–Crippen LogP) is 3.22. The van der Waals surface area contributed by atoms with Gasteiger partial charge in [-0.2, -0.15) is 5.26 Å². The van der Waals surface area contributed by atoms with E-state index < -0.39 is 17.5 Å². The second kappa shape index (κ2) is 6.80. The molecule has 1 unspecified atom stereocenters. The number of allylic oxidation sites excluding steroid dienone is 1. The smallest absolute Gasteiger partial charge is 0.330 e. The van der Waals surface area contributed by atoms with Crippen molar-refractivity contribution < 1.29 is 14.6 Å². The number of ether oxygens (including phenoxy) is 1. The summed E-state index contributed by atoms with van der Waals surface area (Å²) >= 11 is 0. The maximum absolute atomic E-state index is 11.7. The molecule has 4 heteroatoms. The maximum Gasteiger partial charge on any atom is 0.330 e. The zero-order valence-electron chi connectivity index (χ0n) is 13.7. The lowest BCUT2D eigenvalue weighted by atomic mass is 9.73. The first-order valence-electron chi connectivity index (χ1n) is 7.65. The van der Waals surface area contributed by atoms with Crippen molar-refractivity contribution in [2.24, 2.45) is 5.41 Å². The van der Waals surface area contributed by atoms with Crippen LogP contribution >= 0.6 is 0 Å². The number of hydrogen-bond donors (Lipinski definition) is 1. The summed E-state index contributed by atoms with van der Waals surface area (Å²) < 4.78 is 4.95. The number of nitrogens with zero attached hydrogens (tertiary/aromatic N) is 1. The van der Waals surface area contributed by atoms with Crippen molar-refractivity contribution >= 4 is 11.5 Å². The van der Waals surface area contributed by atoms with Gasteiger partial charge in [0.1, 0.15) is 0 Å². The van der Waals surface area contributed by atoms with Gasteiger partial charge in [-0.15, -0.1) is 0 Å². The molecule has 0 bridgehead atoms. The number of nitriles is 1. The predicted molar refractivity (Wildman–Crippen MR) is 88.3 cm³/mol. The number of aliphatic hydroxyl groups excluding tert-OH is 1. The monoisotopic (exact) mass is 311 g/mol. The summed E-state index contributed by atoms with van der Waals surface area (Å²) in [7, 11) is 0. The Bertz CT molecular complexity index is 690. The normalized spacial score (nSPS) is 21.4. The molecule has 0 aliphatic heterocycles. The van der Waals surface area contributed by atoms with E-state index in [0.717, 1.165) is 11.1 Å². The third kappa shape index (κ3) is 3.88. The Kier molecular flexibility index (Phi) is 5.02. The summed E-state index contributed by atoms with van der Waals surface area (Å²) in [6.45, 7) is 5.92. The zero-order valence-corrected chi connectivity index (χ0v) is 13.7. The summed E-state index contributed by atoms with van der Waals surface area (Å²) in [5.74, 6) is -0.432. The van der Waals surface area contributed by atoms with E-state index in [4.69, 9.17) is 10.00 Å². The van der Waals surface area contributed by atoms with Crippen LogP contribution in [0.1, 0.15) is 38.3 Å². The Morgan fingerprint density at radius 2 is 2.09 bits per heavy atom. The molecule has 23 heavy (non-hydrogen) atoms. The Hall–Kier alpha value is -2.38. The van der Waals surface area contributed by atoms with Crippen LogP contribution in [0.2, 0.25) is 0 Å². The highest BCUT2D eigenvalue weighted by molar-refractivity contribution is 5.84. The van der Waals surface area contributed by atoms with Gasteiger partial charge in [-0.1, -0.05) is 32.1 Å². The molecule has 1 atom stereocenters. The second-order valence-electron chi connectivity index (χ2n) is 6.23. The first-order valence-corrected chi connectivity index (χ1v) is 7.65. The first kappa shape index (κ1) is 17.0. The van der Waals surface area contributed by atoms with Gasteiger partial charge in [-0.25, -0.2) is 4.79 Å². The third-order valence-corrected chi connectivity index (χ3v) is 3.97. The summed E-state index contributed by atoms with van der Waals surface area (Å²) in [4.78, 5) is 11.7. The van der Waals surface area contributed by atoms with Crippen molar-refractivity contribution in [1.29, 1.82) is 5.26 Å². The summed E-state index contributed by atoms with van der Waals surface area (Å²) in [5.41, 5.74) is 2.78. The van der Waals surface area contributed by atoms with Gasteiger partial charge in [-0.3, -0.25) is 0 Å². The van der Waals surface area contributed by atoms with Gasteiger partial charge >= 0.3 is 5.97 Å². The zero-order chi connectivity index (χ0) is 17.0. The molecule has 0 fully saturated rings. The van der Waals surface area contributed by atoms with E-state index >= 15 is 0 Å². The van der Waals surface area contributed by atoms with Crippen LogP contribution in [0, 0.1) is 16.7 Å². The molecule has 0 saturated heterocycles. The molecule has 120 valence electrons. The minimum Gasteiger partial charge on any atom is -0.463 e. The fraction of sp³-hybridized carbons (Fsp3) is 0.368. The molecule has 0 heterocycles. The van der Waals surface area contributed by atoms with Crippen LogP contribution in [0.3, 0.4) is 0 Å². The van der Waals surface area contributed by atoms with Gasteiger partial charge in [0.2, 0.25) is 0 Å². The van der Waals surface area contributed by atoms with Crippen LogP contribution in [-0.2, 0) is 9.53 Å². The number of carbonyl (C=O) groups excluding carboxylic acids is 1. The Balaban J connectivity index is 2.37. The largest absolute Gasteiger partial charge is 0.463 e. The van der Waals surface area contributed by atoms with E-state index in [2.05, 4.69) is 6.07 Å². The molecule has 1 N–H and O–H groups in total. The lowest BCUT2D eigenvalue weighted by Gasteiger charge is -2.35. The van der Waals surface area contributed by atoms with Crippen molar-refractivity contribution in [3.05, 3.63) is 53.1 Å². The Morgan fingerprint density at radius 3 is 2.65 bits per heavy atom. The van der Waals surface area contributed by atoms with Crippen LogP contribution in [0.5, 0.6) is 0 Å². The maximum atomic E-state index is 11.7. The number of hydrogen-bond acceptors (Lipinski definition) is 4. The van der Waals surface area contributed by atoms with E-state index in [-0.39, 0.29) is 0 Å². The van der Waals surface area contributed by atoms with Gasteiger partial charge < -0.3 is 9.84 Å². The average molecular weight is 311 g/mol. The minimum atomic E-state index is -0.728. The molecule has 1 aromatic rings. The van der Waals surface area contributed by atoms with Crippen molar-refractivity contribution in [3.8, 4) is 6.07 Å². The van der Waals surface area contributed by atoms with Gasteiger partial charge in [0, 0.05) is 11.5 Å². The second-order valence-corrected chi connectivity index (χ2v) is 6.23. The summed E-state index contributed by atoms with van der Waals surface area (Å²) in [6, 6.07) is 9.41. The van der Waals surface area contributed by atoms with Gasteiger partial charge in [-0.05, 0) is 42.2 Å². The summed E-state index contributed by atoms with van der Waals surface area (Å²) in [6.07, 6.45) is 3.18. The molecule has 1 aromatic carbocycles. The number of esters is 1. The molecular formula is C19H21NO3. The first-order chi connectivity index (χ1) is 10.9. The number of rotatable bonds is 3. The fourth-order valence-corrected chi connectivity index (χ4v) is 2.78. The molecule has 0 aromatic heterocycles. The summed E-state index contributed by atoms with van der Waals surface area (Å²) in [5, 5.41) is 19.4. The Morgan fingerprint density at radius 1 is 1.43 bits per heavy atom. The van der Waals surface area contributed by atoms with E-state index in [1.54, 1.807) is 19.1 Å². The lowest BCUT2D eigenvalue weighted by Crippen LogP contribution is -2.33. The highest BCUT2D eigenvalue weighted by Crippen LogP contribution is 2.40. The molecule has 1 aliphatic rings. The van der Waals surface area contributed by atoms with E-state index in [1.165, 1.54) is 6.08 Å². The van der Waals surface area contributed by atoms with Crippen LogP contribution in [0.25, 0.3) is 5.57 Å². The number of benzene rings is 1. The third-order valence-electron chi connectivity index (χ3n) is 3.97. The van der Waals surface area contributed by atoms with E-state index in [9.17, 15) is 9.90 Å². The molecule has 1 aliphatic carbocycles. The van der Waals surface area contributed by atoms with Crippen LogP contribution in [0.15, 0.2) is 42.0 Å². The highest BCUT2D eigenvalue weighted by Gasteiger charge is 2.34. The average Bonchev–Trinajstić information content (AvgIpc) is 2.52. The lowest BCUT2D eigenvalue weighted by molar-refractivity contribution is -0.137. The SMILES string of the molecule is CCOC(=O)/C=C1\CC(c2ccc(C#N)cc2)=CC(C)(C)C1O. The number of carbonyl (C=O) groups is 1. The standard InChI is InChI=1S/C19H21NO3/c1-4-23-17(21)10-15-9-16(11-19(2,3)18(15)22)14-7-5-13(12-20)6-8-14/h5-8,10-11,18,22H,4,9H2,1-3H3/b15-10+. The van der Waals surface area contributed by atoms with Crippen molar-refractivity contribution in [2.45, 2.75) is 33.3 Å². The van der Waals surface area contributed by atoms with Crippen molar-refractivity contribution in [1.82, 2.24) is 0 Å². The topological polar surface area (TPSA) is 70.3 Å². The van der Waals surface area contributed by atoms with Gasteiger partial charge in [0.25, 0.3) is 0 Å². The highest BCUT2D eigenvalue weighted by atomic mass is 16.5. The van der Waals surface area contributed by atoms with Crippen molar-refractivity contribution in [2.75, 3.05) is 6.61 Å². The van der Waals surface area contributed by atoms with Crippen LogP contribution in [-0.4, -0.2) is 23.8 Å². The molecule has 0 saturated carbocycles.